The molecule has 0 atom stereocenters. The van der Waals surface area contributed by atoms with E-state index in [1.807, 2.05) is 0 Å². The van der Waals surface area contributed by atoms with Crippen LogP contribution < -0.4 is 19.2 Å². The average Bonchev–Trinajstić information content (AvgIpc) is 2.82. The summed E-state index contributed by atoms with van der Waals surface area (Å²) in [5, 5.41) is 4.20. The lowest BCUT2D eigenvalue weighted by molar-refractivity contribution is -0.119. The lowest BCUT2D eigenvalue weighted by Crippen LogP contribution is -2.40. The SMILES string of the molecule is COc1ccc(OC)c(N(CC(=O)NN=C2CCCCC2)S(=O)(=O)c2ccccc2)c1. The molecule has 0 aromatic heterocycles. The van der Waals surface area contributed by atoms with E-state index >= 15 is 0 Å². The Morgan fingerprint density at radius 3 is 2.39 bits per heavy atom. The Balaban J connectivity index is 1.96. The summed E-state index contributed by atoms with van der Waals surface area (Å²) in [5.74, 6) is 0.195. The van der Waals surface area contributed by atoms with Gasteiger partial charge in [0.25, 0.3) is 15.9 Å². The summed E-state index contributed by atoms with van der Waals surface area (Å²) in [6.07, 6.45) is 4.94. The predicted octanol–water partition coefficient (Wildman–Crippen LogP) is 3.34. The second-order valence-corrected chi connectivity index (χ2v) is 9.00. The summed E-state index contributed by atoms with van der Waals surface area (Å²) in [6, 6.07) is 12.7. The summed E-state index contributed by atoms with van der Waals surface area (Å²) in [7, 11) is -1.14. The van der Waals surface area contributed by atoms with Gasteiger partial charge >= 0.3 is 0 Å². The first-order chi connectivity index (χ1) is 15.0. The summed E-state index contributed by atoms with van der Waals surface area (Å²) in [6.45, 7) is -0.461. The second kappa shape index (κ2) is 10.3. The zero-order chi connectivity index (χ0) is 22.3. The largest absolute Gasteiger partial charge is 0.497 e. The zero-order valence-corrected chi connectivity index (χ0v) is 18.5. The van der Waals surface area contributed by atoms with Crippen LogP contribution in [0.25, 0.3) is 0 Å². The minimum absolute atomic E-state index is 0.0614. The molecule has 1 aliphatic carbocycles. The monoisotopic (exact) mass is 445 g/mol. The predicted molar refractivity (Wildman–Crippen MR) is 119 cm³/mol. The molecule has 0 unspecified atom stereocenters. The van der Waals surface area contributed by atoms with Gasteiger partial charge in [-0.25, -0.2) is 13.8 Å². The Morgan fingerprint density at radius 2 is 1.74 bits per heavy atom. The van der Waals surface area contributed by atoms with Crippen molar-refractivity contribution in [2.45, 2.75) is 37.0 Å². The highest BCUT2D eigenvalue weighted by molar-refractivity contribution is 7.92. The molecule has 1 amide bonds. The van der Waals surface area contributed by atoms with Crippen LogP contribution in [0.5, 0.6) is 11.5 Å². The van der Waals surface area contributed by atoms with Crippen LogP contribution in [0.15, 0.2) is 58.5 Å². The minimum Gasteiger partial charge on any atom is -0.497 e. The number of nitrogens with one attached hydrogen (secondary N) is 1. The highest BCUT2D eigenvalue weighted by Gasteiger charge is 2.30. The number of nitrogens with zero attached hydrogens (tertiary/aromatic N) is 2. The van der Waals surface area contributed by atoms with E-state index in [0.29, 0.717) is 11.5 Å². The molecule has 3 rings (SSSR count). The smallest absolute Gasteiger partial charge is 0.264 e. The quantitative estimate of drug-likeness (QED) is 0.629. The molecule has 9 heteroatoms. The first-order valence-corrected chi connectivity index (χ1v) is 11.5. The van der Waals surface area contributed by atoms with E-state index in [9.17, 15) is 13.2 Å². The minimum atomic E-state index is -4.06. The number of anilines is 1. The van der Waals surface area contributed by atoms with Gasteiger partial charge in [-0.2, -0.15) is 5.10 Å². The van der Waals surface area contributed by atoms with Crippen LogP contribution >= 0.6 is 0 Å². The fraction of sp³-hybridized carbons (Fsp3) is 0.364. The molecule has 0 spiro atoms. The molecule has 0 bridgehead atoms. The van der Waals surface area contributed by atoms with E-state index in [2.05, 4.69) is 10.5 Å². The summed E-state index contributed by atoms with van der Waals surface area (Å²) in [5.41, 5.74) is 3.64. The van der Waals surface area contributed by atoms with Gasteiger partial charge in [0.2, 0.25) is 0 Å². The number of sulfonamides is 1. The maximum absolute atomic E-state index is 13.5. The Labute approximate surface area is 182 Å². The van der Waals surface area contributed by atoms with Gasteiger partial charge in [-0.1, -0.05) is 24.6 Å². The van der Waals surface area contributed by atoms with Crippen molar-refractivity contribution in [1.82, 2.24) is 5.43 Å². The van der Waals surface area contributed by atoms with Crippen molar-refractivity contribution in [1.29, 1.82) is 0 Å². The molecule has 2 aromatic rings. The third kappa shape index (κ3) is 5.55. The Bertz CT molecular complexity index is 1030. The van der Waals surface area contributed by atoms with Gasteiger partial charge in [0.1, 0.15) is 18.0 Å². The van der Waals surface area contributed by atoms with Crippen molar-refractivity contribution in [3.8, 4) is 11.5 Å². The number of amides is 1. The van der Waals surface area contributed by atoms with Crippen molar-refractivity contribution >= 4 is 27.3 Å². The Kier molecular flexibility index (Phi) is 7.51. The number of methoxy groups -OCH3 is 2. The van der Waals surface area contributed by atoms with E-state index in [1.54, 1.807) is 30.3 Å². The maximum atomic E-state index is 13.5. The van der Waals surface area contributed by atoms with E-state index in [-0.39, 0.29) is 10.6 Å². The highest BCUT2D eigenvalue weighted by Crippen LogP contribution is 2.35. The van der Waals surface area contributed by atoms with Gasteiger partial charge in [-0.15, -0.1) is 0 Å². The second-order valence-electron chi connectivity index (χ2n) is 7.14. The van der Waals surface area contributed by atoms with Gasteiger partial charge in [-0.05, 0) is 49.9 Å². The van der Waals surface area contributed by atoms with Crippen LogP contribution in [0, 0.1) is 0 Å². The molecule has 166 valence electrons. The van der Waals surface area contributed by atoms with E-state index in [1.165, 1.54) is 32.4 Å². The molecule has 0 aliphatic heterocycles. The van der Waals surface area contributed by atoms with E-state index in [4.69, 9.17) is 9.47 Å². The third-order valence-corrected chi connectivity index (χ3v) is 6.82. The molecule has 0 saturated heterocycles. The summed E-state index contributed by atoms with van der Waals surface area (Å²) in [4.78, 5) is 12.8. The Morgan fingerprint density at radius 1 is 1.03 bits per heavy atom. The number of hydrazone groups is 1. The van der Waals surface area contributed by atoms with Crippen molar-refractivity contribution in [3.63, 3.8) is 0 Å². The molecule has 0 heterocycles. The normalized spacial score (nSPS) is 13.9. The lowest BCUT2D eigenvalue weighted by atomic mass is 9.99. The highest BCUT2D eigenvalue weighted by atomic mass is 32.2. The fourth-order valence-electron chi connectivity index (χ4n) is 3.39. The molecule has 2 aromatic carbocycles. The molecule has 0 radical (unpaired) electrons. The fourth-order valence-corrected chi connectivity index (χ4v) is 4.83. The molecule has 1 fully saturated rings. The van der Waals surface area contributed by atoms with Gasteiger partial charge < -0.3 is 9.47 Å². The van der Waals surface area contributed by atoms with Crippen LogP contribution in [0.1, 0.15) is 32.1 Å². The number of benzene rings is 2. The lowest BCUT2D eigenvalue weighted by Gasteiger charge is -2.25. The summed E-state index contributed by atoms with van der Waals surface area (Å²) < 4.78 is 38.6. The van der Waals surface area contributed by atoms with Crippen molar-refractivity contribution < 1.29 is 22.7 Å². The van der Waals surface area contributed by atoms with Crippen LogP contribution in [0.4, 0.5) is 5.69 Å². The first-order valence-electron chi connectivity index (χ1n) is 10.1. The molecule has 1 N–H and O–H groups in total. The molecular weight excluding hydrogens is 418 g/mol. The molecule has 1 saturated carbocycles. The summed E-state index contributed by atoms with van der Waals surface area (Å²) >= 11 is 0. The number of hydrogen-bond acceptors (Lipinski definition) is 6. The molecular formula is C22H27N3O5S. The van der Waals surface area contributed by atoms with Crippen LogP contribution in [0.2, 0.25) is 0 Å². The topological polar surface area (TPSA) is 97.3 Å². The third-order valence-electron chi connectivity index (χ3n) is 5.04. The maximum Gasteiger partial charge on any atom is 0.264 e. The standard InChI is InChI=1S/C22H27N3O5S/c1-29-18-13-14-21(30-2)20(15-18)25(31(27,28)19-11-7-4-8-12-19)16-22(26)24-23-17-9-5-3-6-10-17/h4,7-8,11-15H,3,5-6,9-10,16H2,1-2H3,(H,24,26). The van der Waals surface area contributed by atoms with E-state index < -0.39 is 22.5 Å². The Hall–Kier alpha value is -3.07. The van der Waals surface area contributed by atoms with Crippen molar-refractivity contribution in [3.05, 3.63) is 48.5 Å². The molecule has 1 aliphatic rings. The average molecular weight is 446 g/mol. The number of rotatable bonds is 8. The van der Waals surface area contributed by atoms with Gasteiger partial charge in [0.05, 0.1) is 24.8 Å². The van der Waals surface area contributed by atoms with Gasteiger partial charge in [0, 0.05) is 11.8 Å². The van der Waals surface area contributed by atoms with Gasteiger partial charge in [-0.3, -0.25) is 9.10 Å². The first kappa shape index (κ1) is 22.6. The van der Waals surface area contributed by atoms with Crippen molar-refractivity contribution in [2.75, 3.05) is 25.1 Å². The number of hydrogen-bond donors (Lipinski definition) is 1. The number of ether oxygens (including phenoxy) is 2. The van der Waals surface area contributed by atoms with Gasteiger partial charge in [0.15, 0.2) is 0 Å². The number of carbonyl (C=O) groups excluding carboxylic acids is 1. The molecule has 31 heavy (non-hydrogen) atoms. The van der Waals surface area contributed by atoms with E-state index in [0.717, 1.165) is 42.1 Å². The molecule has 8 nitrogen and oxygen atoms in total. The van der Waals surface area contributed by atoms with Crippen LogP contribution in [0.3, 0.4) is 0 Å². The number of carbonyl (C=O) groups is 1. The zero-order valence-electron chi connectivity index (χ0n) is 17.7. The van der Waals surface area contributed by atoms with Crippen molar-refractivity contribution in [2.24, 2.45) is 5.10 Å². The van der Waals surface area contributed by atoms with Crippen LogP contribution in [-0.4, -0.2) is 40.8 Å². The van der Waals surface area contributed by atoms with Crippen LogP contribution in [-0.2, 0) is 14.8 Å².